The van der Waals surface area contributed by atoms with E-state index in [9.17, 15) is 4.79 Å². The van der Waals surface area contributed by atoms with E-state index < -0.39 is 4.75 Å². The molecule has 0 bridgehead atoms. The Kier molecular flexibility index (Phi) is 6.79. The second-order valence-electron chi connectivity index (χ2n) is 7.73. The zero-order valence-corrected chi connectivity index (χ0v) is 17.4. The van der Waals surface area contributed by atoms with Crippen molar-refractivity contribution >= 4 is 17.7 Å². The minimum Gasteiger partial charge on any atom is -0.468 e. The van der Waals surface area contributed by atoms with Crippen LogP contribution in [0.1, 0.15) is 46.5 Å². The molecule has 0 spiro atoms. The van der Waals surface area contributed by atoms with Crippen LogP contribution in [0, 0.1) is 17.3 Å². The van der Waals surface area contributed by atoms with Gasteiger partial charge in [0.05, 0.1) is 7.11 Å². The first-order valence-corrected chi connectivity index (χ1v) is 10.3. The molecule has 0 saturated heterocycles. The van der Waals surface area contributed by atoms with Crippen LogP contribution in [0.15, 0.2) is 60.0 Å². The van der Waals surface area contributed by atoms with Crippen LogP contribution in [-0.4, -0.2) is 17.8 Å². The molecule has 142 valence electrons. The minimum atomic E-state index is -0.563. The van der Waals surface area contributed by atoms with Crippen molar-refractivity contribution < 1.29 is 9.53 Å². The van der Waals surface area contributed by atoms with Gasteiger partial charge >= 0.3 is 5.97 Å². The third-order valence-corrected chi connectivity index (χ3v) is 7.83. The molecule has 1 aromatic rings. The fourth-order valence-corrected chi connectivity index (χ4v) is 5.84. The van der Waals surface area contributed by atoms with Gasteiger partial charge in [0.25, 0.3) is 0 Å². The first-order valence-electron chi connectivity index (χ1n) is 9.44. The van der Waals surface area contributed by atoms with Crippen molar-refractivity contribution in [2.75, 3.05) is 7.11 Å². The lowest BCUT2D eigenvalue weighted by Gasteiger charge is -2.48. The third kappa shape index (κ3) is 3.93. The van der Waals surface area contributed by atoms with Gasteiger partial charge in [0, 0.05) is 4.90 Å². The van der Waals surface area contributed by atoms with Crippen molar-refractivity contribution in [1.82, 2.24) is 0 Å². The van der Waals surface area contributed by atoms with Gasteiger partial charge in [0.1, 0.15) is 4.75 Å². The van der Waals surface area contributed by atoms with E-state index in [1.54, 1.807) is 11.8 Å². The summed E-state index contributed by atoms with van der Waals surface area (Å²) < 4.78 is 4.74. The van der Waals surface area contributed by atoms with Gasteiger partial charge in [-0.15, -0.1) is 18.3 Å². The van der Waals surface area contributed by atoms with E-state index in [0.717, 1.165) is 30.6 Å². The van der Waals surface area contributed by atoms with Gasteiger partial charge in [-0.1, -0.05) is 50.3 Å². The topological polar surface area (TPSA) is 26.3 Å². The number of methoxy groups -OCH3 is 1. The Balaban J connectivity index is 2.41. The molecule has 1 aliphatic carbocycles. The molecule has 2 nitrogen and oxygen atoms in total. The van der Waals surface area contributed by atoms with E-state index in [1.165, 1.54) is 12.7 Å². The number of hydrogen-bond donors (Lipinski definition) is 0. The Bertz CT molecular complexity index is 653. The van der Waals surface area contributed by atoms with Crippen molar-refractivity contribution in [1.29, 1.82) is 0 Å². The van der Waals surface area contributed by atoms with Gasteiger partial charge in [-0.2, -0.15) is 0 Å². The molecule has 0 radical (unpaired) electrons. The Morgan fingerprint density at radius 3 is 2.58 bits per heavy atom. The lowest BCUT2D eigenvalue weighted by molar-refractivity contribution is -0.146. The maximum Gasteiger partial charge on any atom is 0.322 e. The maximum atomic E-state index is 13.0. The summed E-state index contributed by atoms with van der Waals surface area (Å²) in [5.41, 5.74) is 1.23. The van der Waals surface area contributed by atoms with Gasteiger partial charge in [0.2, 0.25) is 0 Å². The average molecular weight is 373 g/mol. The summed E-state index contributed by atoms with van der Waals surface area (Å²) in [6.45, 7) is 14.8. The van der Waals surface area contributed by atoms with E-state index in [4.69, 9.17) is 4.74 Å². The summed E-state index contributed by atoms with van der Waals surface area (Å²) in [5, 5.41) is 0. The number of ether oxygens (including phenoxy) is 1. The first kappa shape index (κ1) is 20.8. The summed E-state index contributed by atoms with van der Waals surface area (Å²) in [5.74, 6) is 0.479. The zero-order valence-electron chi connectivity index (χ0n) is 16.6. The van der Waals surface area contributed by atoms with E-state index in [2.05, 4.69) is 52.1 Å². The molecule has 2 rings (SSSR count). The number of allylic oxidation sites excluding steroid dienone is 2. The van der Waals surface area contributed by atoms with Gasteiger partial charge in [0.15, 0.2) is 0 Å². The molecule has 0 aliphatic heterocycles. The average Bonchev–Trinajstić information content (AvgIpc) is 2.66. The summed E-state index contributed by atoms with van der Waals surface area (Å²) in [6.07, 6.45) is 5.79. The molecular weight excluding hydrogens is 340 g/mol. The van der Waals surface area contributed by atoms with Crippen LogP contribution >= 0.6 is 11.8 Å². The summed E-state index contributed by atoms with van der Waals surface area (Å²) >= 11 is 1.67. The quantitative estimate of drug-likeness (QED) is 0.320. The Morgan fingerprint density at radius 2 is 2.08 bits per heavy atom. The smallest absolute Gasteiger partial charge is 0.322 e. The van der Waals surface area contributed by atoms with Crippen molar-refractivity contribution in [2.24, 2.45) is 17.3 Å². The van der Waals surface area contributed by atoms with Crippen LogP contribution in [0.2, 0.25) is 0 Å². The predicted octanol–water partition coefficient (Wildman–Crippen LogP) is 6.29. The molecule has 4 atom stereocenters. The minimum absolute atomic E-state index is 0.0509. The number of rotatable bonds is 7. The lowest BCUT2D eigenvalue weighted by Crippen LogP contribution is -2.48. The molecule has 26 heavy (non-hydrogen) atoms. The van der Waals surface area contributed by atoms with Crippen LogP contribution in [0.4, 0.5) is 0 Å². The van der Waals surface area contributed by atoms with E-state index in [-0.39, 0.29) is 17.3 Å². The SMILES string of the molecule is C=C[C@@]1(C)CC[C@H](C(CC)(Sc2ccccc2)C(=O)OC)C[C@@H]1C(=C)C. The van der Waals surface area contributed by atoms with Crippen LogP contribution in [-0.2, 0) is 9.53 Å². The molecule has 1 aliphatic rings. The highest BCUT2D eigenvalue weighted by molar-refractivity contribution is 8.01. The van der Waals surface area contributed by atoms with Gasteiger partial charge in [-0.05, 0) is 62.0 Å². The van der Waals surface area contributed by atoms with Crippen LogP contribution in [0.3, 0.4) is 0 Å². The summed E-state index contributed by atoms with van der Waals surface area (Å²) in [6, 6.07) is 10.2. The maximum absolute atomic E-state index is 13.0. The molecule has 0 heterocycles. The van der Waals surface area contributed by atoms with E-state index in [1.807, 2.05) is 18.2 Å². The lowest BCUT2D eigenvalue weighted by atomic mass is 9.60. The Labute approximate surface area is 163 Å². The number of carbonyl (C=O) groups is 1. The number of carbonyl (C=O) groups excluding carboxylic acids is 1. The molecule has 3 heteroatoms. The van der Waals surface area contributed by atoms with E-state index >= 15 is 0 Å². The number of thioether (sulfide) groups is 1. The molecule has 1 fully saturated rings. The highest BCUT2D eigenvalue weighted by Crippen LogP contribution is 2.54. The van der Waals surface area contributed by atoms with E-state index in [0.29, 0.717) is 5.92 Å². The van der Waals surface area contributed by atoms with Gasteiger partial charge in [-0.3, -0.25) is 4.79 Å². The highest BCUT2D eigenvalue weighted by Gasteiger charge is 2.51. The molecule has 0 aromatic heterocycles. The Hall–Kier alpha value is -1.48. The molecule has 1 aromatic carbocycles. The number of benzene rings is 1. The first-order chi connectivity index (χ1) is 12.3. The third-order valence-electron chi connectivity index (χ3n) is 6.17. The van der Waals surface area contributed by atoms with Gasteiger partial charge in [-0.25, -0.2) is 0 Å². The summed E-state index contributed by atoms with van der Waals surface area (Å²) in [4.78, 5) is 14.1. The fourth-order valence-electron chi connectivity index (χ4n) is 4.43. The normalized spacial score (nSPS) is 28.0. The second-order valence-corrected chi connectivity index (χ2v) is 9.13. The van der Waals surface area contributed by atoms with Crippen LogP contribution in [0.5, 0.6) is 0 Å². The Morgan fingerprint density at radius 1 is 1.42 bits per heavy atom. The largest absolute Gasteiger partial charge is 0.468 e. The highest BCUT2D eigenvalue weighted by atomic mass is 32.2. The van der Waals surface area contributed by atoms with Crippen LogP contribution in [0.25, 0.3) is 0 Å². The van der Waals surface area contributed by atoms with Crippen molar-refractivity contribution in [3.05, 3.63) is 55.1 Å². The standard InChI is InChI=1S/C23H32O2S/c1-7-22(5)15-14-18(16-20(22)17(3)4)23(8-2,21(24)25-6)26-19-12-10-9-11-13-19/h7,9-13,18,20H,1,3,8,14-16H2,2,4-6H3/t18-,20+,22-,23?/m0/s1. The monoisotopic (exact) mass is 372 g/mol. The predicted molar refractivity (Wildman–Crippen MR) is 111 cm³/mol. The van der Waals surface area contributed by atoms with Crippen LogP contribution < -0.4 is 0 Å². The molecule has 0 N–H and O–H groups in total. The van der Waals surface area contributed by atoms with Gasteiger partial charge < -0.3 is 4.74 Å². The molecule has 1 unspecified atom stereocenters. The summed E-state index contributed by atoms with van der Waals surface area (Å²) in [7, 11) is 1.51. The van der Waals surface area contributed by atoms with Crippen molar-refractivity contribution in [2.45, 2.75) is 56.1 Å². The molecule has 1 saturated carbocycles. The second kappa shape index (κ2) is 8.47. The van der Waals surface area contributed by atoms with Crippen molar-refractivity contribution in [3.8, 4) is 0 Å². The fraction of sp³-hybridized carbons (Fsp3) is 0.522. The number of hydrogen-bond acceptors (Lipinski definition) is 3. The number of esters is 1. The van der Waals surface area contributed by atoms with Crippen molar-refractivity contribution in [3.63, 3.8) is 0 Å². The molecular formula is C23H32O2S. The zero-order chi connectivity index (χ0) is 19.4. The molecule has 0 amide bonds.